The molecule has 0 unspecified atom stereocenters. The lowest BCUT2D eigenvalue weighted by atomic mass is 10.0. The van der Waals surface area contributed by atoms with Gasteiger partial charge >= 0.3 is 0 Å². The highest BCUT2D eigenvalue weighted by Crippen LogP contribution is 2.27. The topological polar surface area (TPSA) is 76.4 Å². The lowest BCUT2D eigenvalue weighted by Crippen LogP contribution is -2.25. The van der Waals surface area contributed by atoms with E-state index in [1.165, 1.54) is 0 Å². The molecule has 3 rings (SSSR count). The van der Waals surface area contributed by atoms with Crippen molar-refractivity contribution in [2.75, 3.05) is 5.32 Å². The van der Waals surface area contributed by atoms with Gasteiger partial charge in [0.25, 0.3) is 5.91 Å². The molecule has 1 aromatic heterocycles. The van der Waals surface area contributed by atoms with Gasteiger partial charge in [-0.25, -0.2) is 8.42 Å². The minimum atomic E-state index is -3.16. The van der Waals surface area contributed by atoms with Crippen LogP contribution in [0.2, 0.25) is 0 Å². The molecular formula is C20H25NO4S. The van der Waals surface area contributed by atoms with Crippen molar-refractivity contribution >= 4 is 21.4 Å². The van der Waals surface area contributed by atoms with Crippen molar-refractivity contribution in [2.24, 2.45) is 0 Å². The summed E-state index contributed by atoms with van der Waals surface area (Å²) in [6.45, 7) is 3.54. The van der Waals surface area contributed by atoms with Crippen LogP contribution in [0.15, 0.2) is 34.7 Å². The minimum absolute atomic E-state index is 0.0191. The van der Waals surface area contributed by atoms with Gasteiger partial charge in [0.05, 0.1) is 16.6 Å². The van der Waals surface area contributed by atoms with Crippen LogP contribution in [0.1, 0.15) is 59.5 Å². The average Bonchev–Trinajstić information content (AvgIpc) is 2.94. The minimum Gasteiger partial charge on any atom is -0.466 e. The van der Waals surface area contributed by atoms with E-state index < -0.39 is 9.84 Å². The monoisotopic (exact) mass is 375 g/mol. The van der Waals surface area contributed by atoms with Crippen LogP contribution in [0.4, 0.5) is 5.69 Å². The maximum absolute atomic E-state index is 12.7. The van der Waals surface area contributed by atoms with Crippen LogP contribution in [0.5, 0.6) is 0 Å². The Morgan fingerprint density at radius 3 is 2.54 bits per heavy atom. The average molecular weight is 375 g/mol. The molecule has 1 heterocycles. The highest BCUT2D eigenvalue weighted by atomic mass is 32.2. The van der Waals surface area contributed by atoms with E-state index in [1.807, 2.05) is 0 Å². The second-order valence-corrected chi connectivity index (χ2v) is 9.33. The fourth-order valence-electron chi connectivity index (χ4n) is 3.57. The molecule has 0 atom stereocenters. The lowest BCUT2D eigenvalue weighted by molar-refractivity contribution is 0.102. The summed E-state index contributed by atoms with van der Waals surface area (Å²) in [4.78, 5) is 12.4. The van der Waals surface area contributed by atoms with Crippen molar-refractivity contribution in [2.45, 2.75) is 57.0 Å². The summed E-state index contributed by atoms with van der Waals surface area (Å²) in [6.07, 6.45) is 4.63. The van der Waals surface area contributed by atoms with Crippen molar-refractivity contribution in [3.05, 3.63) is 53.0 Å². The molecular weight excluding hydrogens is 350 g/mol. The van der Waals surface area contributed by atoms with Crippen molar-refractivity contribution in [1.82, 2.24) is 0 Å². The highest BCUT2D eigenvalue weighted by Gasteiger charge is 2.27. The number of anilines is 1. The summed E-state index contributed by atoms with van der Waals surface area (Å²) < 4.78 is 30.7. The number of rotatable bonds is 5. The van der Waals surface area contributed by atoms with Gasteiger partial charge < -0.3 is 9.73 Å². The Kier molecular flexibility index (Phi) is 5.51. The molecule has 1 fully saturated rings. The molecule has 140 valence electrons. The third-order valence-electron chi connectivity index (χ3n) is 4.90. The first kappa shape index (κ1) is 18.7. The first-order valence-electron chi connectivity index (χ1n) is 9.04. The number of carbonyl (C=O) groups is 1. The van der Waals surface area contributed by atoms with Crippen LogP contribution >= 0.6 is 0 Å². The molecule has 5 nitrogen and oxygen atoms in total. The largest absolute Gasteiger partial charge is 0.466 e. The molecule has 0 spiro atoms. The van der Waals surface area contributed by atoms with Crippen molar-refractivity contribution < 1.29 is 17.6 Å². The van der Waals surface area contributed by atoms with E-state index >= 15 is 0 Å². The zero-order valence-electron chi connectivity index (χ0n) is 15.2. The Bertz CT molecular complexity index is 892. The summed E-state index contributed by atoms with van der Waals surface area (Å²) in [5.74, 6) is 1.01. The van der Waals surface area contributed by atoms with Gasteiger partial charge in [-0.05, 0) is 50.5 Å². The quantitative estimate of drug-likeness (QED) is 0.840. The van der Waals surface area contributed by atoms with E-state index in [1.54, 1.807) is 44.2 Å². The first-order chi connectivity index (χ1) is 12.3. The number of amides is 1. The van der Waals surface area contributed by atoms with Gasteiger partial charge in [0.1, 0.15) is 11.5 Å². The predicted octanol–water partition coefficient (Wildman–Crippen LogP) is 4.40. The van der Waals surface area contributed by atoms with Crippen LogP contribution in [0, 0.1) is 13.8 Å². The number of carbonyl (C=O) groups excluding carboxylic acids is 1. The SMILES string of the molecule is Cc1cc(C(=O)Nc2cccc(CS(=O)(=O)C3CCCCC3)c2)c(C)o1. The van der Waals surface area contributed by atoms with Crippen molar-refractivity contribution in [3.8, 4) is 0 Å². The summed E-state index contributed by atoms with van der Waals surface area (Å²) in [7, 11) is -3.16. The zero-order chi connectivity index (χ0) is 18.7. The Morgan fingerprint density at radius 1 is 1.15 bits per heavy atom. The van der Waals surface area contributed by atoms with Crippen LogP contribution in [-0.4, -0.2) is 19.6 Å². The summed E-state index contributed by atoms with van der Waals surface area (Å²) in [6, 6.07) is 8.76. The van der Waals surface area contributed by atoms with Crippen LogP contribution in [-0.2, 0) is 15.6 Å². The van der Waals surface area contributed by atoms with Gasteiger partial charge in [-0.3, -0.25) is 4.79 Å². The highest BCUT2D eigenvalue weighted by molar-refractivity contribution is 7.91. The molecule has 2 aromatic rings. The van der Waals surface area contributed by atoms with E-state index in [2.05, 4.69) is 5.32 Å². The molecule has 0 aliphatic heterocycles. The van der Waals surface area contributed by atoms with Gasteiger partial charge in [0, 0.05) is 5.69 Å². The second kappa shape index (κ2) is 7.66. The Labute approximate surface area is 154 Å². The van der Waals surface area contributed by atoms with E-state index in [9.17, 15) is 13.2 Å². The zero-order valence-corrected chi connectivity index (χ0v) is 16.1. The molecule has 0 bridgehead atoms. The van der Waals surface area contributed by atoms with Gasteiger partial charge in [-0.2, -0.15) is 0 Å². The van der Waals surface area contributed by atoms with Crippen LogP contribution < -0.4 is 5.32 Å². The Morgan fingerprint density at radius 2 is 1.88 bits per heavy atom. The number of furan rings is 1. The molecule has 1 N–H and O–H groups in total. The molecule has 6 heteroatoms. The van der Waals surface area contributed by atoms with Gasteiger partial charge in [0.15, 0.2) is 9.84 Å². The normalized spacial score (nSPS) is 15.8. The molecule has 0 saturated heterocycles. The van der Waals surface area contributed by atoms with Gasteiger partial charge in [-0.1, -0.05) is 31.4 Å². The third kappa shape index (κ3) is 4.36. The molecule has 26 heavy (non-hydrogen) atoms. The molecule has 1 amide bonds. The lowest BCUT2D eigenvalue weighted by Gasteiger charge is -2.21. The first-order valence-corrected chi connectivity index (χ1v) is 10.8. The summed E-state index contributed by atoms with van der Waals surface area (Å²) in [5.41, 5.74) is 1.78. The number of aryl methyl sites for hydroxylation is 2. The Balaban J connectivity index is 1.72. The third-order valence-corrected chi connectivity index (χ3v) is 7.12. The predicted molar refractivity (Wildman–Crippen MR) is 102 cm³/mol. The number of nitrogens with one attached hydrogen (secondary N) is 1. The molecule has 1 aliphatic carbocycles. The standard InChI is InChI=1S/C20H25NO4S/c1-14-11-19(15(2)25-14)20(22)21-17-8-6-7-16(12-17)13-26(23,24)18-9-4-3-5-10-18/h6-8,11-12,18H,3-5,9-10,13H2,1-2H3,(H,21,22). The van der Waals surface area contributed by atoms with Crippen LogP contribution in [0.3, 0.4) is 0 Å². The summed E-state index contributed by atoms with van der Waals surface area (Å²) >= 11 is 0. The van der Waals surface area contributed by atoms with E-state index in [0.717, 1.165) is 32.1 Å². The van der Waals surface area contributed by atoms with E-state index in [0.29, 0.717) is 28.3 Å². The Hall–Kier alpha value is -2.08. The number of hydrogen-bond donors (Lipinski definition) is 1. The summed E-state index contributed by atoms with van der Waals surface area (Å²) in [5, 5.41) is 2.59. The molecule has 0 radical (unpaired) electrons. The molecule has 1 aliphatic rings. The second-order valence-electron chi connectivity index (χ2n) is 7.05. The number of hydrogen-bond acceptors (Lipinski definition) is 4. The molecule has 1 saturated carbocycles. The smallest absolute Gasteiger partial charge is 0.259 e. The van der Waals surface area contributed by atoms with Crippen molar-refractivity contribution in [1.29, 1.82) is 0 Å². The van der Waals surface area contributed by atoms with Crippen molar-refractivity contribution in [3.63, 3.8) is 0 Å². The number of benzene rings is 1. The molecule has 1 aromatic carbocycles. The fraction of sp³-hybridized carbons (Fsp3) is 0.450. The van der Waals surface area contributed by atoms with Gasteiger partial charge in [0.2, 0.25) is 0 Å². The maximum Gasteiger partial charge on any atom is 0.259 e. The maximum atomic E-state index is 12.7. The van der Waals surface area contributed by atoms with Gasteiger partial charge in [-0.15, -0.1) is 0 Å². The van der Waals surface area contributed by atoms with E-state index in [-0.39, 0.29) is 16.9 Å². The van der Waals surface area contributed by atoms with Crippen LogP contribution in [0.25, 0.3) is 0 Å². The fourth-order valence-corrected chi connectivity index (χ4v) is 5.50. The van der Waals surface area contributed by atoms with E-state index in [4.69, 9.17) is 4.42 Å². The number of sulfone groups is 1.